The van der Waals surface area contributed by atoms with E-state index in [0.29, 0.717) is 18.8 Å². The first-order valence-corrected chi connectivity index (χ1v) is 10.2. The number of nitrogens with zero attached hydrogens (tertiary/aromatic N) is 1. The molecule has 1 amide bonds. The Morgan fingerprint density at radius 1 is 1.24 bits per heavy atom. The molecule has 25 heavy (non-hydrogen) atoms. The molecule has 0 N–H and O–H groups in total. The van der Waals surface area contributed by atoms with Crippen molar-refractivity contribution < 1.29 is 14.3 Å². The lowest BCUT2D eigenvalue weighted by atomic mass is 10.1. The van der Waals surface area contributed by atoms with E-state index in [0.717, 1.165) is 24.8 Å². The average molecular weight is 364 g/mol. The molecule has 0 saturated carbocycles. The van der Waals surface area contributed by atoms with Crippen LogP contribution in [0.25, 0.3) is 0 Å². The molecule has 1 fully saturated rings. The maximum absolute atomic E-state index is 12.9. The van der Waals surface area contributed by atoms with Crippen molar-refractivity contribution in [1.29, 1.82) is 0 Å². The highest BCUT2D eigenvalue weighted by atomic mass is 32.2. The summed E-state index contributed by atoms with van der Waals surface area (Å²) in [6.07, 6.45) is 3.46. The van der Waals surface area contributed by atoms with Crippen LogP contribution in [-0.2, 0) is 14.3 Å². The number of hydrogen-bond acceptors (Lipinski definition) is 4. The third-order valence-electron chi connectivity index (χ3n) is 4.20. The lowest BCUT2D eigenvalue weighted by Gasteiger charge is -2.29. The number of carbonyl (C=O) groups is 2. The number of benzene rings is 1. The molecule has 0 aromatic heterocycles. The van der Waals surface area contributed by atoms with E-state index in [1.54, 1.807) is 16.7 Å². The lowest BCUT2D eigenvalue weighted by molar-refractivity contribution is -0.155. The fourth-order valence-electron chi connectivity index (χ4n) is 2.87. The Morgan fingerprint density at radius 2 is 1.96 bits per heavy atom. The summed E-state index contributed by atoms with van der Waals surface area (Å²) in [6, 6.07) is 9.46. The Bertz CT molecular complexity index is 561. The van der Waals surface area contributed by atoms with E-state index in [2.05, 4.69) is 6.92 Å². The van der Waals surface area contributed by atoms with E-state index in [1.807, 2.05) is 44.2 Å². The molecule has 0 aliphatic carbocycles. The van der Waals surface area contributed by atoms with Crippen molar-refractivity contribution in [1.82, 2.24) is 4.90 Å². The molecule has 2 atom stereocenters. The van der Waals surface area contributed by atoms with Gasteiger partial charge in [0.05, 0.1) is 6.61 Å². The number of carbonyl (C=O) groups excluding carboxylic acids is 2. The van der Waals surface area contributed by atoms with E-state index < -0.39 is 6.04 Å². The zero-order valence-corrected chi connectivity index (χ0v) is 16.3. The summed E-state index contributed by atoms with van der Waals surface area (Å²) in [4.78, 5) is 27.2. The Hall–Kier alpha value is -1.49. The first-order valence-electron chi connectivity index (χ1n) is 9.19. The van der Waals surface area contributed by atoms with Crippen LogP contribution in [-0.4, -0.2) is 35.2 Å². The molecule has 4 nitrogen and oxygen atoms in total. The number of ether oxygens (including phenoxy) is 1. The minimum atomic E-state index is -0.483. The average Bonchev–Trinajstić information content (AvgIpc) is 3.05. The second kappa shape index (κ2) is 9.85. The van der Waals surface area contributed by atoms with Crippen LogP contribution in [0.5, 0.6) is 0 Å². The minimum Gasteiger partial charge on any atom is -0.464 e. The fourth-order valence-corrected chi connectivity index (χ4v) is 4.30. The molecule has 0 spiro atoms. The van der Waals surface area contributed by atoms with Crippen LogP contribution in [0.3, 0.4) is 0 Å². The van der Waals surface area contributed by atoms with E-state index in [1.165, 1.54) is 0 Å². The summed E-state index contributed by atoms with van der Waals surface area (Å²) in [5, 5.41) is -0.105. The molecule has 138 valence electrons. The topological polar surface area (TPSA) is 46.6 Å². The summed E-state index contributed by atoms with van der Waals surface area (Å²) >= 11 is 1.65. The predicted molar refractivity (Wildman–Crippen MR) is 102 cm³/mol. The Balaban J connectivity index is 2.14. The molecular weight excluding hydrogens is 334 g/mol. The van der Waals surface area contributed by atoms with Crippen molar-refractivity contribution in [3.63, 3.8) is 0 Å². The number of esters is 1. The fraction of sp³-hybridized carbons (Fsp3) is 0.600. The van der Waals surface area contributed by atoms with Crippen LogP contribution in [0.1, 0.15) is 57.4 Å². The summed E-state index contributed by atoms with van der Waals surface area (Å²) in [7, 11) is 0. The van der Waals surface area contributed by atoms with Gasteiger partial charge in [0, 0.05) is 12.2 Å². The van der Waals surface area contributed by atoms with Crippen LogP contribution < -0.4 is 0 Å². The van der Waals surface area contributed by atoms with Gasteiger partial charge in [0.15, 0.2) is 0 Å². The van der Waals surface area contributed by atoms with Crippen LogP contribution in [0.4, 0.5) is 0 Å². The molecular formula is C20H29NO3S. The maximum Gasteiger partial charge on any atom is 0.329 e. The minimum absolute atomic E-state index is 0.0544. The number of amides is 1. The van der Waals surface area contributed by atoms with Gasteiger partial charge in [-0.05, 0) is 17.9 Å². The van der Waals surface area contributed by atoms with Crippen LogP contribution in [0, 0.1) is 5.92 Å². The van der Waals surface area contributed by atoms with Crippen molar-refractivity contribution in [3.8, 4) is 0 Å². The smallest absolute Gasteiger partial charge is 0.329 e. The maximum atomic E-state index is 12.9. The Labute approximate surface area is 155 Å². The summed E-state index contributed by atoms with van der Waals surface area (Å²) < 4.78 is 5.43. The van der Waals surface area contributed by atoms with Crippen LogP contribution >= 0.6 is 11.8 Å². The number of unbranched alkanes of at least 4 members (excludes halogenated alkanes) is 2. The van der Waals surface area contributed by atoms with E-state index in [-0.39, 0.29) is 23.2 Å². The predicted octanol–water partition coefficient (Wildman–Crippen LogP) is 4.41. The molecule has 1 aliphatic heterocycles. The Morgan fingerprint density at radius 3 is 2.60 bits per heavy atom. The van der Waals surface area contributed by atoms with E-state index >= 15 is 0 Å². The highest BCUT2D eigenvalue weighted by Crippen LogP contribution is 2.42. The van der Waals surface area contributed by atoms with Gasteiger partial charge in [-0.25, -0.2) is 4.79 Å². The number of thioether (sulfide) groups is 1. The summed E-state index contributed by atoms with van der Waals surface area (Å²) in [6.45, 7) is 6.54. The molecule has 5 heteroatoms. The van der Waals surface area contributed by atoms with Gasteiger partial charge in [-0.3, -0.25) is 4.79 Å². The highest BCUT2D eigenvalue weighted by Gasteiger charge is 2.42. The molecule has 1 saturated heterocycles. The molecule has 1 heterocycles. The van der Waals surface area contributed by atoms with Crippen molar-refractivity contribution in [3.05, 3.63) is 35.9 Å². The van der Waals surface area contributed by atoms with Crippen LogP contribution in [0.2, 0.25) is 0 Å². The monoisotopic (exact) mass is 363 g/mol. The van der Waals surface area contributed by atoms with E-state index in [4.69, 9.17) is 4.74 Å². The summed E-state index contributed by atoms with van der Waals surface area (Å²) in [5.41, 5.74) is 1.07. The van der Waals surface area contributed by atoms with Crippen molar-refractivity contribution in [2.24, 2.45) is 5.92 Å². The molecule has 0 unspecified atom stereocenters. The Kier molecular flexibility index (Phi) is 7.82. The second-order valence-electron chi connectivity index (χ2n) is 6.89. The van der Waals surface area contributed by atoms with Crippen molar-refractivity contribution in [2.75, 3.05) is 12.4 Å². The van der Waals surface area contributed by atoms with Gasteiger partial charge in [0.2, 0.25) is 5.91 Å². The molecule has 2 rings (SSSR count). The van der Waals surface area contributed by atoms with Gasteiger partial charge in [-0.1, -0.05) is 63.9 Å². The third kappa shape index (κ3) is 5.50. The largest absolute Gasteiger partial charge is 0.464 e. The van der Waals surface area contributed by atoms with Gasteiger partial charge < -0.3 is 9.64 Å². The van der Waals surface area contributed by atoms with Gasteiger partial charge in [-0.2, -0.15) is 0 Å². The molecule has 1 aliphatic rings. The van der Waals surface area contributed by atoms with Gasteiger partial charge in [-0.15, -0.1) is 11.8 Å². The third-order valence-corrected chi connectivity index (χ3v) is 5.52. The SMILES string of the molecule is CCCCCC(=O)N1[C@H](C(=O)OCC(C)C)CS[C@H]1c1ccccc1. The van der Waals surface area contributed by atoms with Gasteiger partial charge in [0.25, 0.3) is 0 Å². The first kappa shape index (κ1) is 19.8. The zero-order valence-electron chi connectivity index (χ0n) is 15.4. The van der Waals surface area contributed by atoms with E-state index in [9.17, 15) is 9.59 Å². The first-order chi connectivity index (χ1) is 12.0. The normalized spacial score (nSPS) is 20.1. The summed E-state index contributed by atoms with van der Waals surface area (Å²) in [5.74, 6) is 0.662. The van der Waals surface area contributed by atoms with Crippen molar-refractivity contribution in [2.45, 2.75) is 57.9 Å². The molecule has 1 aromatic rings. The molecule has 0 bridgehead atoms. The lowest BCUT2D eigenvalue weighted by Crippen LogP contribution is -2.44. The quantitative estimate of drug-likeness (QED) is 0.507. The van der Waals surface area contributed by atoms with Gasteiger partial charge >= 0.3 is 5.97 Å². The number of hydrogen-bond donors (Lipinski definition) is 0. The second-order valence-corrected chi connectivity index (χ2v) is 8.01. The number of rotatable bonds is 8. The standard InChI is InChI=1S/C20H29NO3S/c1-4-5-7-12-18(22)21-17(20(23)24-13-15(2)3)14-25-19(21)16-10-8-6-9-11-16/h6,8-11,15,17,19H,4-5,7,12-14H2,1-3H3/t17-,19-/m0/s1. The van der Waals surface area contributed by atoms with Crippen LogP contribution in [0.15, 0.2) is 30.3 Å². The van der Waals surface area contributed by atoms with Crippen molar-refractivity contribution >= 4 is 23.6 Å². The zero-order chi connectivity index (χ0) is 18.2. The molecule has 0 radical (unpaired) electrons. The molecule has 1 aromatic carbocycles. The van der Waals surface area contributed by atoms with Gasteiger partial charge in [0.1, 0.15) is 11.4 Å². The highest BCUT2D eigenvalue weighted by molar-refractivity contribution is 7.99.